The fourth-order valence-electron chi connectivity index (χ4n) is 4.39. The van der Waals surface area contributed by atoms with Crippen molar-refractivity contribution in [1.29, 1.82) is 0 Å². The first-order valence-corrected chi connectivity index (χ1v) is 15.3. The number of aryl methyl sites for hydroxylation is 3. The van der Waals surface area contributed by atoms with Crippen LogP contribution in [0.15, 0.2) is 71.6 Å². The smallest absolute Gasteiger partial charge is 0.264 e. The molecule has 41 heavy (non-hydrogen) atoms. The molecule has 0 aromatic heterocycles. The first-order valence-electron chi connectivity index (χ1n) is 13.9. The van der Waals surface area contributed by atoms with Gasteiger partial charge in [-0.3, -0.25) is 13.9 Å². The molecule has 3 aromatic rings. The summed E-state index contributed by atoms with van der Waals surface area (Å²) in [6.07, 6.45) is 1.02. The van der Waals surface area contributed by atoms with E-state index in [1.54, 1.807) is 43.3 Å². The summed E-state index contributed by atoms with van der Waals surface area (Å²) >= 11 is 0. The molecular weight excluding hydrogens is 541 g/mol. The maximum atomic E-state index is 14.1. The van der Waals surface area contributed by atoms with E-state index in [0.717, 1.165) is 21.0 Å². The van der Waals surface area contributed by atoms with Gasteiger partial charge in [-0.2, -0.15) is 0 Å². The van der Waals surface area contributed by atoms with Crippen LogP contribution in [0.25, 0.3) is 0 Å². The number of rotatable bonds is 12. The van der Waals surface area contributed by atoms with Crippen molar-refractivity contribution in [3.63, 3.8) is 0 Å². The number of nitrogens with zero attached hydrogens (tertiary/aromatic N) is 2. The number of hydrogen-bond donors (Lipinski definition) is 1. The van der Waals surface area contributed by atoms with Crippen LogP contribution < -0.4 is 9.62 Å². The predicted octanol–water partition coefficient (Wildman–Crippen LogP) is 5.67. The van der Waals surface area contributed by atoms with Crippen molar-refractivity contribution < 1.29 is 22.4 Å². The Labute approximate surface area is 243 Å². The van der Waals surface area contributed by atoms with Crippen molar-refractivity contribution in [3.8, 4) is 0 Å². The third kappa shape index (κ3) is 7.94. The lowest BCUT2D eigenvalue weighted by Crippen LogP contribution is -2.53. The fraction of sp³-hybridized carbons (Fsp3) is 0.375. The Morgan fingerprint density at radius 1 is 0.878 bits per heavy atom. The van der Waals surface area contributed by atoms with Crippen LogP contribution in [0.3, 0.4) is 0 Å². The molecule has 0 aliphatic heterocycles. The van der Waals surface area contributed by atoms with Gasteiger partial charge < -0.3 is 10.2 Å². The molecule has 3 rings (SSSR count). The molecule has 0 aliphatic carbocycles. The molecule has 7 nitrogen and oxygen atoms in total. The topological polar surface area (TPSA) is 86.8 Å². The van der Waals surface area contributed by atoms with Gasteiger partial charge in [-0.05, 0) is 93.6 Å². The average Bonchev–Trinajstić information content (AvgIpc) is 2.94. The molecule has 0 aliphatic rings. The van der Waals surface area contributed by atoms with Crippen LogP contribution in [0.1, 0.15) is 55.9 Å². The first-order chi connectivity index (χ1) is 19.4. The van der Waals surface area contributed by atoms with Gasteiger partial charge >= 0.3 is 0 Å². The summed E-state index contributed by atoms with van der Waals surface area (Å²) in [7, 11) is -4.15. The third-order valence-electron chi connectivity index (χ3n) is 7.32. The normalized spacial score (nSPS) is 12.9. The molecule has 9 heteroatoms. The van der Waals surface area contributed by atoms with Crippen LogP contribution in [0, 0.1) is 26.6 Å². The van der Waals surface area contributed by atoms with Crippen LogP contribution in [0.4, 0.5) is 10.1 Å². The molecule has 0 bridgehead atoms. The Morgan fingerprint density at radius 2 is 1.51 bits per heavy atom. The standard InChI is InChI=1S/C32H40FN3O4S/c1-7-25(6)34-32(38)30(8-2)35(20-26-12-14-27(33)15-13-26)31(37)21-36(28-16-11-23(4)24(5)19-28)41(39,40)29-17-9-22(3)10-18-29/h9-19,25,30H,7-8,20-21H2,1-6H3,(H,34,38). The second kappa shape index (κ2) is 13.8. The van der Waals surface area contributed by atoms with Gasteiger partial charge in [0.25, 0.3) is 10.0 Å². The van der Waals surface area contributed by atoms with Crippen molar-refractivity contribution in [3.05, 3.63) is 94.8 Å². The minimum atomic E-state index is -4.15. The van der Waals surface area contributed by atoms with Crippen molar-refractivity contribution >= 4 is 27.5 Å². The van der Waals surface area contributed by atoms with E-state index in [4.69, 9.17) is 0 Å². The van der Waals surface area contributed by atoms with Gasteiger partial charge in [0.05, 0.1) is 10.6 Å². The number of hydrogen-bond acceptors (Lipinski definition) is 4. The van der Waals surface area contributed by atoms with Gasteiger partial charge in [0.2, 0.25) is 11.8 Å². The summed E-state index contributed by atoms with van der Waals surface area (Å²) in [4.78, 5) is 28.9. The van der Waals surface area contributed by atoms with E-state index in [1.165, 1.54) is 29.2 Å². The predicted molar refractivity (Wildman–Crippen MR) is 161 cm³/mol. The Morgan fingerprint density at radius 3 is 2.07 bits per heavy atom. The molecule has 2 amide bonds. The highest BCUT2D eigenvalue weighted by Gasteiger charge is 2.34. The molecule has 0 saturated heterocycles. The summed E-state index contributed by atoms with van der Waals surface area (Å²) in [6.45, 7) is 10.8. The van der Waals surface area contributed by atoms with Crippen LogP contribution in [-0.4, -0.2) is 43.8 Å². The summed E-state index contributed by atoms with van der Waals surface area (Å²) in [5.74, 6) is -1.29. The van der Waals surface area contributed by atoms with Crippen molar-refractivity contribution in [1.82, 2.24) is 10.2 Å². The van der Waals surface area contributed by atoms with Gasteiger partial charge in [-0.1, -0.05) is 49.7 Å². The summed E-state index contributed by atoms with van der Waals surface area (Å²) in [6, 6.07) is 16.4. The van der Waals surface area contributed by atoms with Crippen molar-refractivity contribution in [2.45, 2.75) is 77.9 Å². The maximum absolute atomic E-state index is 14.1. The van der Waals surface area contributed by atoms with Crippen LogP contribution in [0.2, 0.25) is 0 Å². The van der Waals surface area contributed by atoms with Crippen LogP contribution in [0.5, 0.6) is 0 Å². The molecule has 2 unspecified atom stereocenters. The van der Waals surface area contributed by atoms with Gasteiger partial charge in [0, 0.05) is 12.6 Å². The molecule has 0 spiro atoms. The van der Waals surface area contributed by atoms with Crippen LogP contribution in [-0.2, 0) is 26.2 Å². The SMILES string of the molecule is CCC(C)NC(=O)C(CC)N(Cc1ccc(F)cc1)C(=O)CN(c1ccc(C)c(C)c1)S(=O)(=O)c1ccc(C)cc1. The van der Waals surface area contributed by atoms with Crippen molar-refractivity contribution in [2.75, 3.05) is 10.8 Å². The minimum absolute atomic E-state index is 0.0108. The van der Waals surface area contributed by atoms with E-state index < -0.39 is 34.3 Å². The molecule has 0 fully saturated rings. The number of sulfonamides is 1. The number of nitrogens with one attached hydrogen (secondary N) is 1. The number of anilines is 1. The monoisotopic (exact) mass is 581 g/mol. The number of halogens is 1. The molecule has 0 heterocycles. The first kappa shape index (κ1) is 31.8. The van der Waals surface area contributed by atoms with Gasteiger partial charge in [-0.25, -0.2) is 12.8 Å². The quantitative estimate of drug-likeness (QED) is 0.299. The Hall–Kier alpha value is -3.72. The van der Waals surface area contributed by atoms with Crippen molar-refractivity contribution in [2.24, 2.45) is 0 Å². The number of carbonyl (C=O) groups is 2. The lowest BCUT2D eigenvalue weighted by molar-refractivity contribution is -0.140. The minimum Gasteiger partial charge on any atom is -0.352 e. The summed E-state index contributed by atoms with van der Waals surface area (Å²) < 4.78 is 42.7. The van der Waals surface area contributed by atoms with E-state index in [1.807, 2.05) is 40.7 Å². The zero-order chi connectivity index (χ0) is 30.3. The van der Waals surface area contributed by atoms with E-state index in [-0.39, 0.29) is 23.4 Å². The van der Waals surface area contributed by atoms with E-state index >= 15 is 0 Å². The molecule has 1 N–H and O–H groups in total. The number of amides is 2. The van der Waals surface area contributed by atoms with E-state index in [9.17, 15) is 22.4 Å². The zero-order valence-electron chi connectivity index (χ0n) is 24.6. The third-order valence-corrected chi connectivity index (χ3v) is 9.11. The lowest BCUT2D eigenvalue weighted by atomic mass is 10.1. The van der Waals surface area contributed by atoms with Gasteiger partial charge in [-0.15, -0.1) is 0 Å². The van der Waals surface area contributed by atoms with Crippen LogP contribution >= 0.6 is 0 Å². The molecule has 2 atom stereocenters. The molecular formula is C32H40FN3O4S. The highest BCUT2D eigenvalue weighted by atomic mass is 32.2. The molecule has 3 aromatic carbocycles. The molecule has 0 radical (unpaired) electrons. The average molecular weight is 582 g/mol. The zero-order valence-corrected chi connectivity index (χ0v) is 25.5. The highest BCUT2D eigenvalue weighted by Crippen LogP contribution is 2.27. The fourth-order valence-corrected chi connectivity index (χ4v) is 5.80. The van der Waals surface area contributed by atoms with E-state index in [0.29, 0.717) is 24.1 Å². The van der Waals surface area contributed by atoms with Gasteiger partial charge in [0.15, 0.2) is 0 Å². The summed E-state index contributed by atoms with van der Waals surface area (Å²) in [5.41, 5.74) is 3.73. The van der Waals surface area contributed by atoms with E-state index in [2.05, 4.69) is 5.32 Å². The molecule has 0 saturated carbocycles. The Bertz CT molecular complexity index is 1460. The Kier molecular flexibility index (Phi) is 10.7. The maximum Gasteiger partial charge on any atom is 0.264 e. The number of benzene rings is 3. The molecule has 220 valence electrons. The largest absolute Gasteiger partial charge is 0.352 e. The summed E-state index contributed by atoms with van der Waals surface area (Å²) in [5, 5.41) is 2.95. The van der Waals surface area contributed by atoms with Gasteiger partial charge in [0.1, 0.15) is 18.4 Å². The Balaban J connectivity index is 2.08. The second-order valence-electron chi connectivity index (χ2n) is 10.5. The second-order valence-corrected chi connectivity index (χ2v) is 12.3. The lowest BCUT2D eigenvalue weighted by Gasteiger charge is -2.34. The highest BCUT2D eigenvalue weighted by molar-refractivity contribution is 7.92. The number of carbonyl (C=O) groups excluding carboxylic acids is 2.